The van der Waals surface area contributed by atoms with E-state index in [1.807, 2.05) is 13.8 Å². The van der Waals surface area contributed by atoms with Crippen LogP contribution in [0, 0.1) is 5.82 Å². The number of quaternary nitrogens is 1. The Labute approximate surface area is 165 Å². The van der Waals surface area contributed by atoms with Gasteiger partial charge in [-0.25, -0.2) is 12.8 Å². The van der Waals surface area contributed by atoms with E-state index in [1.54, 1.807) is 4.90 Å². The highest BCUT2D eigenvalue weighted by Crippen LogP contribution is 2.20. The lowest BCUT2D eigenvalue weighted by Gasteiger charge is -2.34. The summed E-state index contributed by atoms with van der Waals surface area (Å²) in [6, 6.07) is 5.27. The molecule has 1 unspecified atom stereocenters. The van der Waals surface area contributed by atoms with Gasteiger partial charge in [0, 0.05) is 32.7 Å². The molecule has 0 aliphatic carbocycles. The minimum absolute atomic E-state index is 0.104. The fraction of sp³-hybridized carbons (Fsp3) is 0.556. The van der Waals surface area contributed by atoms with Crippen LogP contribution in [-0.4, -0.2) is 81.8 Å². The number of piperazine rings is 1. The fourth-order valence-electron chi connectivity index (χ4n) is 3.10. The second kappa shape index (κ2) is 9.94. The molecule has 0 spiro atoms. The number of carbonyl (C=O) groups excluding carboxylic acids is 2. The average molecular weight is 416 g/mol. The van der Waals surface area contributed by atoms with Gasteiger partial charge in [0.2, 0.25) is 10.0 Å². The summed E-state index contributed by atoms with van der Waals surface area (Å²) in [5, 5.41) is 2.72. The Balaban J connectivity index is 1.93. The van der Waals surface area contributed by atoms with E-state index < -0.39 is 15.8 Å². The molecule has 0 aromatic heterocycles. The third kappa shape index (κ3) is 5.49. The molecular formula is C18H28FN4O4S+. The first kappa shape index (κ1) is 22.3. The predicted octanol–water partition coefficient (Wildman–Crippen LogP) is -1.30. The van der Waals surface area contributed by atoms with E-state index in [9.17, 15) is 22.4 Å². The summed E-state index contributed by atoms with van der Waals surface area (Å²) in [6.45, 7) is 6.01. The number of nitrogens with one attached hydrogen (secondary N) is 2. The summed E-state index contributed by atoms with van der Waals surface area (Å²) < 4.78 is 40.3. The summed E-state index contributed by atoms with van der Waals surface area (Å²) in [6.07, 6.45) is 0. The SMILES string of the molecule is CCNC(=O)C[NH+](CC)CC(=O)N1CCN(S(=O)(=O)c2ccccc2F)CC1. The lowest BCUT2D eigenvalue weighted by molar-refractivity contribution is -0.882. The summed E-state index contributed by atoms with van der Waals surface area (Å²) >= 11 is 0. The average Bonchev–Trinajstić information content (AvgIpc) is 2.67. The van der Waals surface area contributed by atoms with Crippen molar-refractivity contribution in [3.05, 3.63) is 30.1 Å². The summed E-state index contributed by atoms with van der Waals surface area (Å²) in [5.41, 5.74) is 0. The van der Waals surface area contributed by atoms with Gasteiger partial charge in [0.05, 0.1) is 6.54 Å². The van der Waals surface area contributed by atoms with Crippen LogP contribution < -0.4 is 10.2 Å². The Kier molecular flexibility index (Phi) is 7.90. The number of nitrogens with zero attached hydrogens (tertiary/aromatic N) is 2. The van der Waals surface area contributed by atoms with E-state index in [0.717, 1.165) is 11.0 Å². The van der Waals surface area contributed by atoms with Crippen molar-refractivity contribution in [1.29, 1.82) is 0 Å². The molecule has 1 aromatic carbocycles. The summed E-state index contributed by atoms with van der Waals surface area (Å²) in [7, 11) is -3.93. The number of benzene rings is 1. The molecule has 8 nitrogen and oxygen atoms in total. The van der Waals surface area contributed by atoms with E-state index in [0.29, 0.717) is 13.1 Å². The molecule has 1 aliphatic rings. The predicted molar refractivity (Wildman–Crippen MR) is 102 cm³/mol. The van der Waals surface area contributed by atoms with Gasteiger partial charge in [-0.3, -0.25) is 9.59 Å². The van der Waals surface area contributed by atoms with Gasteiger partial charge in [-0.05, 0) is 26.0 Å². The number of carbonyl (C=O) groups is 2. The highest BCUT2D eigenvalue weighted by Gasteiger charge is 2.32. The van der Waals surface area contributed by atoms with Crippen molar-refractivity contribution in [2.24, 2.45) is 0 Å². The zero-order valence-electron chi connectivity index (χ0n) is 16.3. The molecule has 156 valence electrons. The van der Waals surface area contributed by atoms with Crippen molar-refractivity contribution in [2.75, 3.05) is 52.4 Å². The molecule has 0 saturated carbocycles. The molecule has 2 rings (SSSR count). The molecule has 1 aliphatic heterocycles. The Bertz CT molecular complexity index is 795. The van der Waals surface area contributed by atoms with Gasteiger partial charge in [0.1, 0.15) is 10.7 Å². The molecule has 0 bridgehead atoms. The monoisotopic (exact) mass is 415 g/mol. The minimum Gasteiger partial charge on any atom is -0.351 e. The third-order valence-electron chi connectivity index (χ3n) is 4.73. The van der Waals surface area contributed by atoms with Crippen LogP contribution in [0.1, 0.15) is 13.8 Å². The van der Waals surface area contributed by atoms with Crippen LogP contribution in [0.25, 0.3) is 0 Å². The Morgan fingerprint density at radius 3 is 2.32 bits per heavy atom. The smallest absolute Gasteiger partial charge is 0.277 e. The van der Waals surface area contributed by atoms with E-state index in [4.69, 9.17) is 0 Å². The van der Waals surface area contributed by atoms with Crippen LogP contribution in [0.3, 0.4) is 0 Å². The number of hydrogen-bond acceptors (Lipinski definition) is 4. The van der Waals surface area contributed by atoms with Gasteiger partial charge in [0.25, 0.3) is 11.8 Å². The van der Waals surface area contributed by atoms with Crippen LogP contribution in [-0.2, 0) is 19.6 Å². The van der Waals surface area contributed by atoms with Crippen molar-refractivity contribution in [1.82, 2.24) is 14.5 Å². The highest BCUT2D eigenvalue weighted by molar-refractivity contribution is 7.89. The zero-order chi connectivity index (χ0) is 20.7. The Morgan fingerprint density at radius 1 is 1.11 bits per heavy atom. The van der Waals surface area contributed by atoms with Crippen LogP contribution in [0.15, 0.2) is 29.2 Å². The molecule has 2 N–H and O–H groups in total. The van der Waals surface area contributed by atoms with Crippen molar-refractivity contribution in [2.45, 2.75) is 18.7 Å². The van der Waals surface area contributed by atoms with E-state index in [1.165, 1.54) is 22.5 Å². The number of likely N-dealkylation sites (N-methyl/N-ethyl adjacent to an activating group) is 2. The van der Waals surface area contributed by atoms with Gasteiger partial charge in [-0.1, -0.05) is 12.1 Å². The minimum atomic E-state index is -3.93. The fourth-order valence-corrected chi connectivity index (χ4v) is 4.58. The quantitative estimate of drug-likeness (QED) is 0.552. The molecule has 1 saturated heterocycles. The van der Waals surface area contributed by atoms with Crippen LogP contribution in [0.4, 0.5) is 4.39 Å². The van der Waals surface area contributed by atoms with E-state index >= 15 is 0 Å². The standard InChI is InChI=1S/C18H27FN4O4S/c1-3-20-17(24)13-21(4-2)14-18(25)22-9-11-23(12-10-22)28(26,27)16-8-6-5-7-15(16)19/h5-8H,3-4,9-14H2,1-2H3,(H,20,24)/p+1. The van der Waals surface area contributed by atoms with Crippen molar-refractivity contribution >= 4 is 21.8 Å². The zero-order valence-corrected chi connectivity index (χ0v) is 17.1. The first-order valence-electron chi connectivity index (χ1n) is 9.42. The van der Waals surface area contributed by atoms with Gasteiger partial charge < -0.3 is 15.1 Å². The molecule has 2 amide bonds. The first-order valence-corrected chi connectivity index (χ1v) is 10.9. The number of amides is 2. The Morgan fingerprint density at radius 2 is 1.75 bits per heavy atom. The second-order valence-electron chi connectivity index (χ2n) is 6.63. The van der Waals surface area contributed by atoms with E-state index in [2.05, 4.69) is 5.32 Å². The van der Waals surface area contributed by atoms with E-state index in [-0.39, 0.29) is 56.0 Å². The number of halogens is 1. The molecule has 28 heavy (non-hydrogen) atoms. The first-order chi connectivity index (χ1) is 13.3. The maximum atomic E-state index is 13.9. The Hall–Kier alpha value is -2.04. The molecule has 1 heterocycles. The lowest BCUT2D eigenvalue weighted by Crippen LogP contribution is -3.14. The topological polar surface area (TPSA) is 91.2 Å². The molecule has 1 atom stereocenters. The molecule has 0 radical (unpaired) electrons. The van der Waals surface area contributed by atoms with Crippen molar-refractivity contribution in [3.8, 4) is 0 Å². The summed E-state index contributed by atoms with van der Waals surface area (Å²) in [4.78, 5) is 26.4. The van der Waals surface area contributed by atoms with Crippen LogP contribution in [0.5, 0.6) is 0 Å². The van der Waals surface area contributed by atoms with Gasteiger partial charge in [-0.15, -0.1) is 0 Å². The van der Waals surface area contributed by atoms with Crippen molar-refractivity contribution in [3.63, 3.8) is 0 Å². The number of sulfonamides is 1. The van der Waals surface area contributed by atoms with Gasteiger partial charge in [0.15, 0.2) is 13.1 Å². The number of rotatable bonds is 8. The van der Waals surface area contributed by atoms with Crippen molar-refractivity contribution < 1.29 is 27.3 Å². The highest BCUT2D eigenvalue weighted by atomic mass is 32.2. The molecular weight excluding hydrogens is 387 g/mol. The van der Waals surface area contributed by atoms with Crippen LogP contribution in [0.2, 0.25) is 0 Å². The number of hydrogen-bond donors (Lipinski definition) is 2. The van der Waals surface area contributed by atoms with Gasteiger partial charge in [-0.2, -0.15) is 4.31 Å². The summed E-state index contributed by atoms with van der Waals surface area (Å²) in [5.74, 6) is -1.01. The largest absolute Gasteiger partial charge is 0.351 e. The molecule has 1 aromatic rings. The molecule has 10 heteroatoms. The maximum absolute atomic E-state index is 13.9. The molecule has 1 fully saturated rings. The van der Waals surface area contributed by atoms with Crippen LogP contribution >= 0.6 is 0 Å². The van der Waals surface area contributed by atoms with Gasteiger partial charge >= 0.3 is 0 Å². The second-order valence-corrected chi connectivity index (χ2v) is 8.53. The lowest BCUT2D eigenvalue weighted by atomic mass is 10.3. The maximum Gasteiger partial charge on any atom is 0.277 e. The third-order valence-corrected chi connectivity index (χ3v) is 6.66. The normalized spacial score (nSPS) is 16.6.